The van der Waals surface area contributed by atoms with Crippen LogP contribution in [0, 0.1) is 23.7 Å². The number of nitrogens with one attached hydrogen (secondary N) is 1. The first-order chi connectivity index (χ1) is 13.7. The summed E-state index contributed by atoms with van der Waals surface area (Å²) in [5, 5.41) is 5.97. The highest BCUT2D eigenvalue weighted by atomic mass is 32.1. The van der Waals surface area contributed by atoms with Gasteiger partial charge in [-0.05, 0) is 67.6 Å². The van der Waals surface area contributed by atoms with Gasteiger partial charge in [-0.3, -0.25) is 4.79 Å². The van der Waals surface area contributed by atoms with Crippen molar-refractivity contribution in [3.05, 3.63) is 29.3 Å². The zero-order chi connectivity index (χ0) is 19.3. The van der Waals surface area contributed by atoms with E-state index in [0.717, 1.165) is 34.7 Å². The van der Waals surface area contributed by atoms with Crippen molar-refractivity contribution in [1.82, 2.24) is 10.3 Å². The van der Waals surface area contributed by atoms with Crippen LogP contribution in [0.2, 0.25) is 0 Å². The Balaban J connectivity index is 1.29. The predicted molar refractivity (Wildman–Crippen MR) is 109 cm³/mol. The molecule has 1 aromatic heterocycles. The number of methoxy groups -OCH3 is 2. The van der Waals surface area contributed by atoms with Crippen LogP contribution in [0.25, 0.3) is 10.6 Å². The van der Waals surface area contributed by atoms with Crippen molar-refractivity contribution in [1.29, 1.82) is 0 Å². The number of hydrogen-bond acceptors (Lipinski definition) is 5. The van der Waals surface area contributed by atoms with Crippen LogP contribution in [-0.2, 0) is 0 Å². The van der Waals surface area contributed by atoms with Gasteiger partial charge in [-0.15, -0.1) is 11.3 Å². The Morgan fingerprint density at radius 1 is 1.11 bits per heavy atom. The second-order valence-electron chi connectivity index (χ2n) is 8.34. The van der Waals surface area contributed by atoms with Crippen LogP contribution in [0.4, 0.5) is 0 Å². The zero-order valence-corrected chi connectivity index (χ0v) is 17.1. The highest BCUT2D eigenvalue weighted by molar-refractivity contribution is 7.13. The van der Waals surface area contributed by atoms with Gasteiger partial charge in [0.15, 0.2) is 11.5 Å². The van der Waals surface area contributed by atoms with Gasteiger partial charge < -0.3 is 14.8 Å². The van der Waals surface area contributed by atoms with E-state index < -0.39 is 0 Å². The summed E-state index contributed by atoms with van der Waals surface area (Å²) in [7, 11) is 3.24. The summed E-state index contributed by atoms with van der Waals surface area (Å²) in [6.45, 7) is 0. The van der Waals surface area contributed by atoms with Crippen molar-refractivity contribution in [2.45, 2.75) is 38.1 Å². The average Bonchev–Trinajstić information content (AvgIpc) is 3.48. The summed E-state index contributed by atoms with van der Waals surface area (Å²) in [5.74, 6) is 4.62. The van der Waals surface area contributed by atoms with Crippen LogP contribution in [-0.4, -0.2) is 31.2 Å². The minimum Gasteiger partial charge on any atom is -0.493 e. The van der Waals surface area contributed by atoms with Gasteiger partial charge in [0.25, 0.3) is 5.91 Å². The number of rotatable bonds is 5. The molecule has 6 heteroatoms. The highest BCUT2D eigenvalue weighted by Gasteiger charge is 2.54. The highest BCUT2D eigenvalue weighted by Crippen LogP contribution is 2.58. The van der Waals surface area contributed by atoms with E-state index >= 15 is 0 Å². The average molecular weight is 399 g/mol. The SMILES string of the molecule is COc1ccc(-c2nc(C(=O)N[C@@H]3C[C@H]4C[C@H]3[C@@H]3CCC[C@H]43)cs2)cc1OC. The molecule has 3 fully saturated rings. The minimum absolute atomic E-state index is 0.0323. The summed E-state index contributed by atoms with van der Waals surface area (Å²) >= 11 is 1.48. The molecular weight excluding hydrogens is 372 g/mol. The Morgan fingerprint density at radius 3 is 2.75 bits per heavy atom. The lowest BCUT2D eigenvalue weighted by molar-refractivity contribution is 0.0897. The summed E-state index contributed by atoms with van der Waals surface area (Å²) in [6, 6.07) is 6.04. The van der Waals surface area contributed by atoms with E-state index in [0.29, 0.717) is 29.2 Å². The van der Waals surface area contributed by atoms with Crippen molar-refractivity contribution in [3.8, 4) is 22.1 Å². The van der Waals surface area contributed by atoms with Gasteiger partial charge in [0.2, 0.25) is 0 Å². The third kappa shape index (κ3) is 2.89. The lowest BCUT2D eigenvalue weighted by Gasteiger charge is -2.31. The fraction of sp³-hybridized carbons (Fsp3) is 0.545. The molecule has 2 bridgehead atoms. The van der Waals surface area contributed by atoms with E-state index in [9.17, 15) is 4.79 Å². The Morgan fingerprint density at radius 2 is 1.93 bits per heavy atom. The molecule has 3 aliphatic rings. The van der Waals surface area contributed by atoms with Crippen molar-refractivity contribution in [3.63, 3.8) is 0 Å². The predicted octanol–water partition coefficient (Wildman–Crippen LogP) is 4.38. The monoisotopic (exact) mass is 398 g/mol. The van der Waals surface area contributed by atoms with Crippen LogP contribution in [0.3, 0.4) is 0 Å². The van der Waals surface area contributed by atoms with Crippen molar-refractivity contribution >= 4 is 17.2 Å². The summed E-state index contributed by atoms with van der Waals surface area (Å²) < 4.78 is 10.7. The maximum Gasteiger partial charge on any atom is 0.271 e. The van der Waals surface area contributed by atoms with E-state index in [1.54, 1.807) is 14.2 Å². The standard InChI is InChI=1S/C22H26N2O3S/c1-26-19-7-6-12(10-20(19)27-2)22-24-18(11-28-22)21(25)23-17-9-13-8-16(17)15-5-3-4-14(13)15/h6-7,10-11,13-17H,3-5,8-9H2,1-2H3,(H,23,25)/t13-,14-,15-,16+,17-/m1/s1. The van der Waals surface area contributed by atoms with E-state index in [1.807, 2.05) is 23.6 Å². The molecular formula is C22H26N2O3S. The Labute approximate surface area is 169 Å². The lowest BCUT2D eigenvalue weighted by Crippen LogP contribution is -2.42. The molecule has 28 heavy (non-hydrogen) atoms. The number of thiazole rings is 1. The third-order valence-corrected chi connectivity index (χ3v) is 8.00. The van der Waals surface area contributed by atoms with Crippen LogP contribution < -0.4 is 14.8 Å². The maximum atomic E-state index is 12.8. The van der Waals surface area contributed by atoms with Gasteiger partial charge in [-0.2, -0.15) is 0 Å². The number of aromatic nitrogens is 1. The molecule has 1 heterocycles. The molecule has 0 radical (unpaired) electrons. The molecule has 5 atom stereocenters. The number of ether oxygens (including phenoxy) is 2. The van der Waals surface area contributed by atoms with Crippen LogP contribution in [0.1, 0.15) is 42.6 Å². The van der Waals surface area contributed by atoms with E-state index in [4.69, 9.17) is 9.47 Å². The van der Waals surface area contributed by atoms with Gasteiger partial charge >= 0.3 is 0 Å². The van der Waals surface area contributed by atoms with Crippen LogP contribution >= 0.6 is 11.3 Å². The topological polar surface area (TPSA) is 60.5 Å². The molecule has 5 nitrogen and oxygen atoms in total. The zero-order valence-electron chi connectivity index (χ0n) is 16.3. The second kappa shape index (κ2) is 7.07. The van der Waals surface area contributed by atoms with Crippen molar-refractivity contribution in [2.75, 3.05) is 14.2 Å². The molecule has 148 valence electrons. The fourth-order valence-corrected chi connectivity index (χ4v) is 6.75. The van der Waals surface area contributed by atoms with E-state index in [-0.39, 0.29) is 5.91 Å². The first kappa shape index (κ1) is 18.0. The summed E-state index contributed by atoms with van der Waals surface area (Å²) in [4.78, 5) is 17.4. The Kier molecular flexibility index (Phi) is 4.54. The molecule has 0 unspecified atom stereocenters. The maximum absolute atomic E-state index is 12.8. The fourth-order valence-electron chi connectivity index (χ4n) is 5.96. The normalized spacial score (nSPS) is 30.3. The molecule has 1 aromatic carbocycles. The summed E-state index contributed by atoms with van der Waals surface area (Å²) in [6.07, 6.45) is 6.62. The van der Waals surface area contributed by atoms with Crippen LogP contribution in [0.5, 0.6) is 11.5 Å². The minimum atomic E-state index is -0.0323. The summed E-state index contributed by atoms with van der Waals surface area (Å²) in [5.41, 5.74) is 1.44. The number of carbonyl (C=O) groups excluding carboxylic acids is 1. The van der Waals surface area contributed by atoms with Gasteiger partial charge in [0.1, 0.15) is 10.7 Å². The number of carbonyl (C=O) groups is 1. The molecule has 3 aliphatic carbocycles. The third-order valence-electron chi connectivity index (χ3n) is 7.11. The molecule has 5 rings (SSSR count). The molecule has 1 N–H and O–H groups in total. The second-order valence-corrected chi connectivity index (χ2v) is 9.20. The number of amides is 1. The molecule has 2 aromatic rings. The Hall–Kier alpha value is -2.08. The van der Waals surface area contributed by atoms with E-state index in [2.05, 4.69) is 10.3 Å². The number of nitrogens with zero attached hydrogens (tertiary/aromatic N) is 1. The van der Waals surface area contributed by atoms with E-state index in [1.165, 1.54) is 37.0 Å². The largest absolute Gasteiger partial charge is 0.493 e. The molecule has 0 saturated heterocycles. The Bertz CT molecular complexity index is 896. The smallest absolute Gasteiger partial charge is 0.271 e. The van der Waals surface area contributed by atoms with Crippen molar-refractivity contribution in [2.24, 2.45) is 23.7 Å². The first-order valence-electron chi connectivity index (χ1n) is 10.2. The number of benzene rings is 1. The molecule has 0 spiro atoms. The number of hydrogen-bond donors (Lipinski definition) is 1. The quantitative estimate of drug-likeness (QED) is 0.812. The lowest BCUT2D eigenvalue weighted by atomic mass is 9.79. The van der Waals surface area contributed by atoms with Gasteiger partial charge in [-0.25, -0.2) is 4.98 Å². The first-order valence-corrected chi connectivity index (χ1v) is 11.0. The van der Waals surface area contributed by atoms with Gasteiger partial charge in [0.05, 0.1) is 14.2 Å². The van der Waals surface area contributed by atoms with Crippen molar-refractivity contribution < 1.29 is 14.3 Å². The number of fused-ring (bicyclic) bond motifs is 5. The van der Waals surface area contributed by atoms with Gasteiger partial charge in [-0.1, -0.05) is 6.42 Å². The van der Waals surface area contributed by atoms with Gasteiger partial charge in [0, 0.05) is 17.0 Å². The molecule has 1 amide bonds. The molecule has 0 aliphatic heterocycles. The molecule has 3 saturated carbocycles. The van der Waals surface area contributed by atoms with Crippen LogP contribution in [0.15, 0.2) is 23.6 Å².